The van der Waals surface area contributed by atoms with Gasteiger partial charge < -0.3 is 15.4 Å². The summed E-state index contributed by atoms with van der Waals surface area (Å²) >= 11 is 0. The average molecular weight is 172 g/mol. The third-order valence-corrected chi connectivity index (χ3v) is 2.29. The van der Waals surface area contributed by atoms with Gasteiger partial charge >= 0.3 is 6.09 Å². The lowest BCUT2D eigenvalue weighted by molar-refractivity contribution is 0.0576. The largest absolute Gasteiger partial charge is 0.453 e. The summed E-state index contributed by atoms with van der Waals surface area (Å²) in [7, 11) is 1.42. The Kier molecular flexibility index (Phi) is 3.34. The molecular formula is C8H16N2O2. The highest BCUT2D eigenvalue weighted by Gasteiger charge is 2.31. The van der Waals surface area contributed by atoms with Gasteiger partial charge in [0.1, 0.15) is 0 Å². The maximum absolute atomic E-state index is 11.0. The maximum Gasteiger partial charge on any atom is 0.409 e. The Morgan fingerprint density at radius 3 is 2.92 bits per heavy atom. The van der Waals surface area contributed by atoms with Crippen molar-refractivity contribution < 1.29 is 9.53 Å². The second-order valence-corrected chi connectivity index (χ2v) is 3.04. The molecule has 4 heteroatoms. The summed E-state index contributed by atoms with van der Waals surface area (Å²) in [5.74, 6) is 0. The molecule has 1 amide bonds. The minimum absolute atomic E-state index is 0.205. The first-order valence-corrected chi connectivity index (χ1v) is 4.34. The van der Waals surface area contributed by atoms with Crippen LogP contribution in [0.5, 0.6) is 0 Å². The Bertz CT molecular complexity index is 161. The molecule has 0 aliphatic carbocycles. The van der Waals surface area contributed by atoms with E-state index in [1.807, 2.05) is 0 Å². The van der Waals surface area contributed by atoms with Crippen molar-refractivity contribution in [3.8, 4) is 0 Å². The lowest BCUT2D eigenvalue weighted by atomic mass is 9.99. The van der Waals surface area contributed by atoms with E-state index >= 15 is 0 Å². The molecule has 2 N–H and O–H groups in total. The molecule has 0 radical (unpaired) electrons. The van der Waals surface area contributed by atoms with Gasteiger partial charge in [-0.05, 0) is 25.8 Å². The number of nitrogens with zero attached hydrogens (tertiary/aromatic N) is 1. The molecule has 4 nitrogen and oxygen atoms in total. The lowest BCUT2D eigenvalue weighted by Gasteiger charge is -2.39. The van der Waals surface area contributed by atoms with Crippen molar-refractivity contribution in [1.29, 1.82) is 0 Å². The number of ether oxygens (including phenoxy) is 1. The van der Waals surface area contributed by atoms with Gasteiger partial charge in [-0.3, -0.25) is 0 Å². The van der Waals surface area contributed by atoms with Crippen molar-refractivity contribution in [1.82, 2.24) is 4.90 Å². The van der Waals surface area contributed by atoms with E-state index in [0.29, 0.717) is 12.6 Å². The molecule has 1 saturated heterocycles. The fraction of sp³-hybridized carbons (Fsp3) is 0.875. The van der Waals surface area contributed by atoms with Gasteiger partial charge in [-0.25, -0.2) is 4.79 Å². The predicted octanol–water partition coefficient (Wildman–Crippen LogP) is 0.566. The van der Waals surface area contributed by atoms with Crippen molar-refractivity contribution in [2.45, 2.75) is 25.3 Å². The molecular weight excluding hydrogens is 156 g/mol. The van der Waals surface area contributed by atoms with Crippen molar-refractivity contribution in [3.05, 3.63) is 0 Å². The molecule has 0 aromatic heterocycles. The molecule has 1 unspecified atom stereocenters. The van der Waals surface area contributed by atoms with Gasteiger partial charge in [-0.15, -0.1) is 0 Å². The topological polar surface area (TPSA) is 55.6 Å². The average Bonchev–Trinajstić information content (AvgIpc) is 2.03. The third-order valence-electron chi connectivity index (χ3n) is 2.29. The molecule has 12 heavy (non-hydrogen) atoms. The summed E-state index contributed by atoms with van der Waals surface area (Å²) in [4.78, 5) is 12.8. The second-order valence-electron chi connectivity index (χ2n) is 3.04. The van der Waals surface area contributed by atoms with Crippen molar-refractivity contribution >= 4 is 6.09 Å². The minimum atomic E-state index is -0.205. The Balaban J connectivity index is 2.24. The zero-order valence-corrected chi connectivity index (χ0v) is 7.45. The monoisotopic (exact) mass is 172 g/mol. The van der Waals surface area contributed by atoms with Crippen LogP contribution in [0, 0.1) is 0 Å². The Morgan fingerprint density at radius 2 is 2.50 bits per heavy atom. The molecule has 1 rings (SSSR count). The number of likely N-dealkylation sites (tertiary alicyclic amines) is 1. The number of hydrogen-bond acceptors (Lipinski definition) is 3. The normalized spacial score (nSPS) is 21.8. The zero-order valence-electron chi connectivity index (χ0n) is 7.45. The zero-order chi connectivity index (χ0) is 8.97. The summed E-state index contributed by atoms with van der Waals surface area (Å²) < 4.78 is 4.62. The van der Waals surface area contributed by atoms with Crippen LogP contribution in [0.3, 0.4) is 0 Å². The van der Waals surface area contributed by atoms with Crippen molar-refractivity contribution in [2.75, 3.05) is 20.2 Å². The third kappa shape index (κ3) is 1.88. The van der Waals surface area contributed by atoms with Crippen molar-refractivity contribution in [3.63, 3.8) is 0 Å². The van der Waals surface area contributed by atoms with E-state index in [2.05, 4.69) is 4.74 Å². The van der Waals surface area contributed by atoms with E-state index in [4.69, 9.17) is 5.73 Å². The van der Waals surface area contributed by atoms with E-state index in [1.165, 1.54) is 7.11 Å². The summed E-state index contributed by atoms with van der Waals surface area (Å²) in [6.07, 6.45) is 2.88. The van der Waals surface area contributed by atoms with Crippen LogP contribution < -0.4 is 5.73 Å². The Morgan fingerprint density at radius 1 is 1.75 bits per heavy atom. The van der Waals surface area contributed by atoms with Crippen LogP contribution in [-0.4, -0.2) is 37.2 Å². The fourth-order valence-corrected chi connectivity index (χ4v) is 1.45. The fourth-order valence-electron chi connectivity index (χ4n) is 1.45. The van der Waals surface area contributed by atoms with Crippen LogP contribution in [-0.2, 0) is 4.74 Å². The molecule has 70 valence electrons. The van der Waals surface area contributed by atoms with E-state index in [0.717, 1.165) is 25.8 Å². The molecule has 1 aliphatic heterocycles. The second kappa shape index (κ2) is 4.30. The van der Waals surface area contributed by atoms with Crippen LogP contribution in [0.1, 0.15) is 19.3 Å². The number of amides is 1. The molecule has 1 aliphatic rings. The molecule has 1 heterocycles. The van der Waals surface area contributed by atoms with Crippen LogP contribution >= 0.6 is 0 Å². The van der Waals surface area contributed by atoms with Crippen LogP contribution in [0.2, 0.25) is 0 Å². The Hall–Kier alpha value is -0.770. The first kappa shape index (κ1) is 9.32. The van der Waals surface area contributed by atoms with Crippen LogP contribution in [0.4, 0.5) is 4.79 Å². The van der Waals surface area contributed by atoms with E-state index in [1.54, 1.807) is 4.90 Å². The van der Waals surface area contributed by atoms with Gasteiger partial charge in [-0.2, -0.15) is 0 Å². The molecule has 1 fully saturated rings. The van der Waals surface area contributed by atoms with Crippen LogP contribution in [0.25, 0.3) is 0 Å². The predicted molar refractivity (Wildman–Crippen MR) is 45.8 cm³/mol. The molecule has 0 aromatic carbocycles. The molecule has 0 bridgehead atoms. The molecule has 1 atom stereocenters. The first-order valence-electron chi connectivity index (χ1n) is 4.34. The first-order chi connectivity index (χ1) is 5.79. The van der Waals surface area contributed by atoms with Crippen molar-refractivity contribution in [2.24, 2.45) is 5.73 Å². The number of carbonyl (C=O) groups is 1. The molecule has 0 saturated carbocycles. The number of methoxy groups -OCH3 is 1. The number of carbonyl (C=O) groups excluding carboxylic acids is 1. The highest BCUT2D eigenvalue weighted by molar-refractivity contribution is 5.68. The molecule has 0 aromatic rings. The van der Waals surface area contributed by atoms with E-state index in [-0.39, 0.29) is 6.09 Å². The van der Waals surface area contributed by atoms with Gasteiger partial charge in [0, 0.05) is 12.6 Å². The van der Waals surface area contributed by atoms with E-state index in [9.17, 15) is 4.79 Å². The maximum atomic E-state index is 11.0. The van der Waals surface area contributed by atoms with E-state index < -0.39 is 0 Å². The highest BCUT2D eigenvalue weighted by atomic mass is 16.5. The van der Waals surface area contributed by atoms with Crippen LogP contribution in [0.15, 0.2) is 0 Å². The van der Waals surface area contributed by atoms with Gasteiger partial charge in [0.15, 0.2) is 0 Å². The summed E-state index contributed by atoms with van der Waals surface area (Å²) in [5, 5.41) is 0. The smallest absolute Gasteiger partial charge is 0.409 e. The lowest BCUT2D eigenvalue weighted by Crippen LogP contribution is -2.51. The summed E-state index contributed by atoms with van der Waals surface area (Å²) in [6, 6.07) is 0.376. The van der Waals surface area contributed by atoms with Gasteiger partial charge in [0.25, 0.3) is 0 Å². The van der Waals surface area contributed by atoms with Gasteiger partial charge in [-0.1, -0.05) is 0 Å². The number of rotatable bonds is 3. The quantitative estimate of drug-likeness (QED) is 0.677. The Labute approximate surface area is 72.7 Å². The standard InChI is InChI=1S/C8H16N2O2/c1-12-8(11)10-6-4-7(10)3-2-5-9/h7H,2-6,9H2,1H3. The number of hydrogen-bond donors (Lipinski definition) is 1. The SMILES string of the molecule is COC(=O)N1CCC1CCCN. The van der Waals surface area contributed by atoms with Gasteiger partial charge in [0.05, 0.1) is 7.11 Å². The minimum Gasteiger partial charge on any atom is -0.453 e. The summed E-state index contributed by atoms with van der Waals surface area (Å²) in [5.41, 5.74) is 5.37. The highest BCUT2D eigenvalue weighted by Crippen LogP contribution is 2.21. The number of nitrogens with two attached hydrogens (primary N) is 1. The molecule has 0 spiro atoms. The van der Waals surface area contributed by atoms with Gasteiger partial charge in [0.2, 0.25) is 0 Å². The summed E-state index contributed by atoms with van der Waals surface area (Å²) in [6.45, 7) is 1.54.